The van der Waals surface area contributed by atoms with Crippen LogP contribution in [-0.2, 0) is 11.8 Å². The summed E-state index contributed by atoms with van der Waals surface area (Å²) in [5.74, 6) is 0.201. The molecule has 0 saturated heterocycles. The second kappa shape index (κ2) is 9.67. The topological polar surface area (TPSA) is 76.9 Å². The lowest BCUT2D eigenvalue weighted by molar-refractivity contribution is -0.116. The molecular formula is C22H23FN4O2S. The first-order valence-electron chi connectivity index (χ1n) is 9.65. The molecule has 3 rings (SSSR count). The van der Waals surface area contributed by atoms with E-state index in [0.717, 1.165) is 12.0 Å². The highest BCUT2D eigenvalue weighted by molar-refractivity contribution is 8.00. The molecule has 0 fully saturated rings. The molecule has 1 aromatic heterocycles. The SMILES string of the molecule is CCCC(=O)Nc1ccc(C(=O)C(C)Sc2nnc(-c3ccc(F)cc3)n2C)cc1. The van der Waals surface area contributed by atoms with Crippen LogP contribution in [0.4, 0.5) is 10.1 Å². The fraction of sp³-hybridized carbons (Fsp3) is 0.273. The molecule has 6 nitrogen and oxygen atoms in total. The highest BCUT2D eigenvalue weighted by Crippen LogP contribution is 2.27. The van der Waals surface area contributed by atoms with E-state index < -0.39 is 0 Å². The Bertz CT molecular complexity index is 1030. The Balaban J connectivity index is 1.67. The van der Waals surface area contributed by atoms with Crippen LogP contribution in [0.3, 0.4) is 0 Å². The van der Waals surface area contributed by atoms with E-state index in [1.807, 2.05) is 20.9 Å². The van der Waals surface area contributed by atoms with E-state index in [2.05, 4.69) is 15.5 Å². The lowest BCUT2D eigenvalue weighted by Crippen LogP contribution is -2.15. The molecule has 1 amide bonds. The van der Waals surface area contributed by atoms with Gasteiger partial charge >= 0.3 is 0 Å². The Morgan fingerprint density at radius 3 is 2.40 bits per heavy atom. The zero-order valence-electron chi connectivity index (χ0n) is 17.1. The van der Waals surface area contributed by atoms with E-state index >= 15 is 0 Å². The van der Waals surface area contributed by atoms with Gasteiger partial charge in [-0.2, -0.15) is 0 Å². The van der Waals surface area contributed by atoms with Crippen molar-refractivity contribution in [2.45, 2.75) is 37.1 Å². The maximum atomic E-state index is 13.1. The summed E-state index contributed by atoms with van der Waals surface area (Å²) in [4.78, 5) is 24.5. The van der Waals surface area contributed by atoms with Crippen LogP contribution in [0.1, 0.15) is 37.0 Å². The summed E-state index contributed by atoms with van der Waals surface area (Å²) in [5, 5.41) is 11.4. The van der Waals surface area contributed by atoms with Crippen molar-refractivity contribution in [3.8, 4) is 11.4 Å². The number of ketones is 1. The third-order valence-corrected chi connectivity index (χ3v) is 5.65. The van der Waals surface area contributed by atoms with Crippen LogP contribution < -0.4 is 5.32 Å². The standard InChI is InChI=1S/C22H23FN4O2S/c1-4-5-19(28)24-18-12-8-15(9-13-18)20(29)14(2)30-22-26-25-21(27(22)3)16-6-10-17(23)11-7-16/h6-14H,4-5H2,1-3H3,(H,24,28). The van der Waals surface area contributed by atoms with Crippen LogP contribution in [-0.4, -0.2) is 31.7 Å². The lowest BCUT2D eigenvalue weighted by atomic mass is 10.1. The molecule has 8 heteroatoms. The van der Waals surface area contributed by atoms with Gasteiger partial charge in [-0.25, -0.2) is 4.39 Å². The molecule has 0 saturated carbocycles. The van der Waals surface area contributed by atoms with E-state index in [-0.39, 0.29) is 22.8 Å². The molecule has 0 aliphatic carbocycles. The molecule has 0 spiro atoms. The number of rotatable bonds is 8. The first kappa shape index (κ1) is 21.7. The Kier molecular flexibility index (Phi) is 6.99. The van der Waals surface area contributed by atoms with Gasteiger partial charge < -0.3 is 9.88 Å². The molecule has 0 aliphatic heterocycles. The molecule has 1 N–H and O–H groups in total. The molecular weight excluding hydrogens is 403 g/mol. The predicted octanol–water partition coefficient (Wildman–Crippen LogP) is 4.72. The summed E-state index contributed by atoms with van der Waals surface area (Å²) in [6.45, 7) is 3.76. The van der Waals surface area contributed by atoms with Crippen LogP contribution in [0.2, 0.25) is 0 Å². The molecule has 1 heterocycles. The van der Waals surface area contributed by atoms with Gasteiger partial charge in [0.1, 0.15) is 5.82 Å². The normalized spacial score (nSPS) is 11.9. The van der Waals surface area contributed by atoms with E-state index in [4.69, 9.17) is 0 Å². The molecule has 30 heavy (non-hydrogen) atoms. The Morgan fingerprint density at radius 1 is 1.10 bits per heavy atom. The van der Waals surface area contributed by atoms with Gasteiger partial charge in [-0.15, -0.1) is 10.2 Å². The summed E-state index contributed by atoms with van der Waals surface area (Å²) in [6.07, 6.45) is 1.24. The number of nitrogens with zero attached hydrogens (tertiary/aromatic N) is 3. The zero-order chi connectivity index (χ0) is 21.7. The zero-order valence-corrected chi connectivity index (χ0v) is 17.9. The minimum absolute atomic E-state index is 0.0419. The molecule has 0 radical (unpaired) electrons. The number of halogens is 1. The number of hydrogen-bond donors (Lipinski definition) is 1. The predicted molar refractivity (Wildman–Crippen MR) is 116 cm³/mol. The van der Waals surface area contributed by atoms with Gasteiger partial charge in [-0.05, 0) is 61.9 Å². The monoisotopic (exact) mass is 426 g/mol. The highest BCUT2D eigenvalue weighted by atomic mass is 32.2. The number of carbonyl (C=O) groups excluding carboxylic acids is 2. The van der Waals surface area contributed by atoms with E-state index in [9.17, 15) is 14.0 Å². The minimum Gasteiger partial charge on any atom is -0.326 e. The summed E-state index contributed by atoms with van der Waals surface area (Å²) < 4.78 is 14.9. The summed E-state index contributed by atoms with van der Waals surface area (Å²) in [5.41, 5.74) is 1.98. The molecule has 0 bridgehead atoms. The molecule has 156 valence electrons. The van der Waals surface area contributed by atoms with Gasteiger partial charge in [0.15, 0.2) is 16.8 Å². The van der Waals surface area contributed by atoms with Crippen molar-refractivity contribution in [3.05, 3.63) is 59.9 Å². The fourth-order valence-corrected chi connectivity index (χ4v) is 3.77. The van der Waals surface area contributed by atoms with Crippen molar-refractivity contribution in [2.75, 3.05) is 5.32 Å². The average molecular weight is 427 g/mol. The van der Waals surface area contributed by atoms with Gasteiger partial charge in [0.05, 0.1) is 5.25 Å². The second-order valence-corrected chi connectivity index (χ2v) is 8.18. The van der Waals surface area contributed by atoms with E-state index in [1.54, 1.807) is 41.0 Å². The van der Waals surface area contributed by atoms with Gasteiger partial charge in [-0.3, -0.25) is 9.59 Å². The maximum Gasteiger partial charge on any atom is 0.224 e. The second-order valence-electron chi connectivity index (χ2n) is 6.87. The van der Waals surface area contributed by atoms with Crippen LogP contribution in [0.25, 0.3) is 11.4 Å². The molecule has 0 aliphatic rings. The van der Waals surface area contributed by atoms with Gasteiger partial charge in [0, 0.05) is 30.3 Å². The number of thioether (sulfide) groups is 1. The third-order valence-electron chi connectivity index (χ3n) is 4.52. The molecule has 3 aromatic rings. The van der Waals surface area contributed by atoms with Crippen molar-refractivity contribution < 1.29 is 14.0 Å². The van der Waals surface area contributed by atoms with Crippen molar-refractivity contribution in [3.63, 3.8) is 0 Å². The fourth-order valence-electron chi connectivity index (χ4n) is 2.88. The smallest absolute Gasteiger partial charge is 0.224 e. The lowest BCUT2D eigenvalue weighted by Gasteiger charge is -2.11. The summed E-state index contributed by atoms with van der Waals surface area (Å²) >= 11 is 1.31. The number of hydrogen-bond acceptors (Lipinski definition) is 5. The van der Waals surface area contributed by atoms with Crippen molar-refractivity contribution in [1.82, 2.24) is 14.8 Å². The van der Waals surface area contributed by atoms with E-state index in [1.165, 1.54) is 23.9 Å². The van der Waals surface area contributed by atoms with Gasteiger partial charge in [0.2, 0.25) is 5.91 Å². The number of amides is 1. The molecule has 2 aromatic carbocycles. The van der Waals surface area contributed by atoms with Gasteiger partial charge in [-0.1, -0.05) is 18.7 Å². The molecule has 1 atom stereocenters. The van der Waals surface area contributed by atoms with Crippen LogP contribution in [0.15, 0.2) is 53.7 Å². The number of anilines is 1. The number of Topliss-reactive ketones (excluding diaryl/α,β-unsaturated/α-hetero) is 1. The van der Waals surface area contributed by atoms with Gasteiger partial charge in [0.25, 0.3) is 0 Å². The minimum atomic E-state index is -0.380. The Morgan fingerprint density at radius 2 is 1.77 bits per heavy atom. The average Bonchev–Trinajstić information content (AvgIpc) is 3.09. The van der Waals surface area contributed by atoms with Crippen molar-refractivity contribution >= 4 is 29.1 Å². The Hall–Kier alpha value is -3.00. The largest absolute Gasteiger partial charge is 0.326 e. The first-order chi connectivity index (χ1) is 14.4. The highest BCUT2D eigenvalue weighted by Gasteiger charge is 2.20. The number of carbonyl (C=O) groups is 2. The van der Waals surface area contributed by atoms with Crippen molar-refractivity contribution in [1.29, 1.82) is 0 Å². The maximum absolute atomic E-state index is 13.1. The molecule has 1 unspecified atom stereocenters. The van der Waals surface area contributed by atoms with E-state index in [0.29, 0.717) is 28.7 Å². The van der Waals surface area contributed by atoms with Crippen LogP contribution in [0, 0.1) is 5.82 Å². The summed E-state index contributed by atoms with van der Waals surface area (Å²) in [6, 6.07) is 12.9. The quantitative estimate of drug-likeness (QED) is 0.416. The van der Waals surface area contributed by atoms with Crippen LogP contribution in [0.5, 0.6) is 0 Å². The number of aromatic nitrogens is 3. The summed E-state index contributed by atoms with van der Waals surface area (Å²) in [7, 11) is 1.81. The third kappa shape index (κ3) is 5.13. The van der Waals surface area contributed by atoms with Crippen molar-refractivity contribution in [2.24, 2.45) is 7.05 Å². The van der Waals surface area contributed by atoms with Crippen LogP contribution >= 0.6 is 11.8 Å². The Labute approximate surface area is 178 Å². The first-order valence-corrected chi connectivity index (χ1v) is 10.5. The number of nitrogens with one attached hydrogen (secondary N) is 1. The number of benzene rings is 2.